The van der Waals surface area contributed by atoms with Crippen LogP contribution in [-0.2, 0) is 17.2 Å². The van der Waals surface area contributed by atoms with Gasteiger partial charge in [-0.1, -0.05) is 49.0 Å². The van der Waals surface area contributed by atoms with Crippen molar-refractivity contribution in [1.82, 2.24) is 4.57 Å². The van der Waals surface area contributed by atoms with Gasteiger partial charge in [-0.3, -0.25) is 0 Å². The van der Waals surface area contributed by atoms with Crippen molar-refractivity contribution in [3.05, 3.63) is 89.8 Å². The number of para-hydroxylation sites is 2. The lowest BCUT2D eigenvalue weighted by Gasteiger charge is -2.39. The smallest absolute Gasteiger partial charge is 0.393 e. The van der Waals surface area contributed by atoms with Crippen molar-refractivity contribution < 1.29 is 53.4 Å². The minimum Gasteiger partial charge on any atom is -0.462 e. The molecule has 42 heavy (non-hydrogen) atoms. The van der Waals surface area contributed by atoms with Gasteiger partial charge >= 0.3 is 35.0 Å². The van der Waals surface area contributed by atoms with Crippen LogP contribution in [0.4, 0.5) is 49.6 Å². The molecule has 0 saturated heterocycles. The fraction of sp³-hybridized carbons (Fsp3) is 0.296. The highest BCUT2D eigenvalue weighted by atomic mass is 35.5. The number of hydrogen-bond donors (Lipinski definition) is 0. The van der Waals surface area contributed by atoms with Crippen molar-refractivity contribution in [3.63, 3.8) is 0 Å². The predicted octanol–water partition coefficient (Wildman–Crippen LogP) is 8.47. The Morgan fingerprint density at radius 2 is 1.38 bits per heavy atom. The second-order valence-electron chi connectivity index (χ2n) is 9.16. The highest BCUT2D eigenvalue weighted by Crippen LogP contribution is 2.62. The monoisotopic (exact) mass is 628 g/mol. The Kier molecular flexibility index (Phi) is 7.63. The van der Waals surface area contributed by atoms with Crippen LogP contribution in [0.1, 0.15) is 34.1 Å². The normalized spacial score (nSPS) is 14.5. The van der Waals surface area contributed by atoms with Gasteiger partial charge in [0.15, 0.2) is 0 Å². The van der Waals surface area contributed by atoms with E-state index in [9.17, 15) is 31.1 Å². The number of carbonyl (C=O) groups is 1. The number of esters is 1. The van der Waals surface area contributed by atoms with Gasteiger partial charge in [0, 0.05) is 12.7 Å². The summed E-state index contributed by atoms with van der Waals surface area (Å²) >= 11 is 3.96. The molecule has 0 aliphatic carbocycles. The maximum Gasteiger partial charge on any atom is 0.393 e. The Morgan fingerprint density at radius 3 is 1.93 bits per heavy atom. The lowest BCUT2D eigenvalue weighted by molar-refractivity contribution is -0.393. The van der Waals surface area contributed by atoms with E-state index >= 15 is 17.6 Å². The van der Waals surface area contributed by atoms with E-state index in [-0.39, 0.29) is 17.9 Å². The van der Waals surface area contributed by atoms with Gasteiger partial charge < -0.3 is 14.2 Å². The number of benzene rings is 2. The van der Waals surface area contributed by atoms with Crippen LogP contribution < -0.4 is 4.90 Å². The molecular weight excluding hydrogens is 610 g/mol. The zero-order valence-electron chi connectivity index (χ0n) is 21.3. The number of rotatable bonds is 9. The highest BCUT2D eigenvalue weighted by molar-refractivity contribution is 6.22. The third-order valence-electron chi connectivity index (χ3n) is 6.57. The largest absolute Gasteiger partial charge is 0.462 e. The molecule has 0 amide bonds. The number of ether oxygens (including phenoxy) is 1. The van der Waals surface area contributed by atoms with Gasteiger partial charge in [0.1, 0.15) is 0 Å². The summed E-state index contributed by atoms with van der Waals surface area (Å²) in [6.45, 7) is 4.24. The average Bonchev–Trinajstić information content (AvgIpc) is 3.33. The molecule has 1 aliphatic heterocycles. The fourth-order valence-electron chi connectivity index (χ4n) is 4.51. The molecular formula is C27H19ClF10N2O2. The Hall–Kier alpha value is -3.68. The van der Waals surface area contributed by atoms with Crippen LogP contribution in [0.15, 0.2) is 67.4 Å². The van der Waals surface area contributed by atoms with Gasteiger partial charge in [0.2, 0.25) is 0 Å². The Labute approximate surface area is 236 Å². The number of aromatic nitrogens is 1. The van der Waals surface area contributed by atoms with Gasteiger partial charge in [-0.2, -0.15) is 43.9 Å². The minimum absolute atomic E-state index is 0.0175. The third kappa shape index (κ3) is 4.50. The van der Waals surface area contributed by atoms with E-state index in [2.05, 4.69) is 22.9 Å². The summed E-state index contributed by atoms with van der Waals surface area (Å²) < 4.78 is 150. The maximum absolute atomic E-state index is 15.8. The Balaban J connectivity index is 2.02. The molecule has 0 spiro atoms. The molecule has 2 aromatic carbocycles. The van der Waals surface area contributed by atoms with Gasteiger partial charge in [-0.05, 0) is 36.2 Å². The molecule has 0 unspecified atom stereocenters. The van der Waals surface area contributed by atoms with E-state index < -0.39 is 64.2 Å². The molecule has 4 nitrogen and oxygen atoms in total. The number of nitrogens with zero attached hydrogens (tertiary/aromatic N) is 2. The van der Waals surface area contributed by atoms with Crippen LogP contribution in [-0.4, -0.2) is 40.3 Å². The van der Waals surface area contributed by atoms with E-state index in [0.29, 0.717) is 11.8 Å². The zero-order valence-corrected chi connectivity index (χ0v) is 22.0. The average molecular weight is 629 g/mol. The van der Waals surface area contributed by atoms with Crippen LogP contribution in [0.5, 0.6) is 0 Å². The predicted molar refractivity (Wildman–Crippen MR) is 133 cm³/mol. The summed E-state index contributed by atoms with van der Waals surface area (Å²) in [5.41, 5.74) is -4.39. The van der Waals surface area contributed by atoms with Crippen molar-refractivity contribution in [2.45, 2.75) is 42.5 Å². The van der Waals surface area contributed by atoms with Crippen LogP contribution in [0, 0.1) is 0 Å². The first kappa shape index (κ1) is 31.3. The second-order valence-corrected chi connectivity index (χ2v) is 9.63. The molecule has 0 atom stereocenters. The van der Waals surface area contributed by atoms with Gasteiger partial charge in [-0.15, -0.1) is 0 Å². The topological polar surface area (TPSA) is 34.5 Å². The molecule has 3 aromatic rings. The number of anilines is 1. The first-order chi connectivity index (χ1) is 19.3. The summed E-state index contributed by atoms with van der Waals surface area (Å²) in [4.78, 5) is 14.0. The van der Waals surface area contributed by atoms with E-state index in [0.717, 1.165) is 4.57 Å². The molecule has 1 aromatic heterocycles. The SMILES string of the molecule is C=C1c2c(C(F)(F)C(F)(F)C(F)(F)C(F)(F)C(F)(F)Cl)c(C(=O)OCC)cn2-c2ccccc2N1Cc1ccccc1. The van der Waals surface area contributed by atoms with Crippen LogP contribution >= 0.6 is 11.6 Å². The van der Waals surface area contributed by atoms with Gasteiger partial charge in [0.25, 0.3) is 0 Å². The first-order valence-corrected chi connectivity index (χ1v) is 12.3. The summed E-state index contributed by atoms with van der Waals surface area (Å²) in [5.74, 6) is -30.0. The minimum atomic E-state index is -7.44. The molecule has 0 N–H and O–H groups in total. The van der Waals surface area contributed by atoms with Crippen molar-refractivity contribution in [2.24, 2.45) is 0 Å². The quantitative estimate of drug-likeness (QED) is 0.135. The number of alkyl halides is 11. The molecule has 0 radical (unpaired) electrons. The van der Waals surface area contributed by atoms with Crippen LogP contribution in [0.2, 0.25) is 0 Å². The molecule has 1 aliphatic rings. The summed E-state index contributed by atoms with van der Waals surface area (Å²) in [5, 5.41) is -6.37. The van der Waals surface area contributed by atoms with E-state index in [4.69, 9.17) is 0 Å². The zero-order chi connectivity index (χ0) is 31.5. The fourth-order valence-corrected chi connectivity index (χ4v) is 4.62. The maximum atomic E-state index is 15.8. The first-order valence-electron chi connectivity index (χ1n) is 11.9. The van der Waals surface area contributed by atoms with E-state index in [1.54, 1.807) is 30.3 Å². The lowest BCUT2D eigenvalue weighted by Crippen LogP contribution is -2.65. The van der Waals surface area contributed by atoms with E-state index in [1.807, 2.05) is 0 Å². The highest BCUT2D eigenvalue weighted by Gasteiger charge is 2.87. The number of halogens is 11. The summed E-state index contributed by atoms with van der Waals surface area (Å²) in [7, 11) is 0. The van der Waals surface area contributed by atoms with Crippen LogP contribution in [0.3, 0.4) is 0 Å². The van der Waals surface area contributed by atoms with Crippen molar-refractivity contribution in [2.75, 3.05) is 11.5 Å². The number of fused-ring (bicyclic) bond motifs is 3. The lowest BCUT2D eigenvalue weighted by atomic mass is 9.90. The number of carbonyl (C=O) groups excluding carboxylic acids is 1. The van der Waals surface area contributed by atoms with Crippen molar-refractivity contribution in [3.8, 4) is 5.69 Å². The summed E-state index contributed by atoms with van der Waals surface area (Å²) in [6.07, 6.45) is 0.572. The summed E-state index contributed by atoms with van der Waals surface area (Å²) in [6, 6.07) is 13.9. The third-order valence-corrected chi connectivity index (χ3v) is 6.81. The second kappa shape index (κ2) is 10.2. The molecule has 4 rings (SSSR count). The molecule has 0 bridgehead atoms. The van der Waals surface area contributed by atoms with Crippen LogP contribution in [0.25, 0.3) is 11.4 Å². The van der Waals surface area contributed by atoms with E-state index in [1.165, 1.54) is 36.1 Å². The standard InChI is InChI=1S/C27H19ClF10N2O2/c1-3-42-22(41)17-14-40-19-12-8-7-11-18(19)39(13-16-9-5-4-6-10-16)15(2)21(40)20(17)23(29,30)24(31,32)25(33,34)26(35,36)27(28,37)38/h4-12,14H,2-3,13H2,1H3. The molecule has 0 fully saturated rings. The Bertz CT molecular complexity index is 1520. The van der Waals surface area contributed by atoms with Crippen molar-refractivity contribution >= 4 is 29.0 Å². The van der Waals surface area contributed by atoms with Gasteiger partial charge in [-0.25, -0.2) is 4.79 Å². The van der Waals surface area contributed by atoms with Gasteiger partial charge in [0.05, 0.1) is 40.5 Å². The molecule has 0 saturated carbocycles. The molecule has 2 heterocycles. The Morgan fingerprint density at radius 1 is 0.833 bits per heavy atom. The number of hydrogen-bond acceptors (Lipinski definition) is 3. The molecule has 15 heteroatoms. The molecule has 226 valence electrons. The van der Waals surface area contributed by atoms with Crippen molar-refractivity contribution in [1.29, 1.82) is 0 Å².